The van der Waals surface area contributed by atoms with Gasteiger partial charge in [-0.25, -0.2) is 4.39 Å². The van der Waals surface area contributed by atoms with Crippen molar-refractivity contribution in [1.29, 1.82) is 0 Å². The number of rotatable bonds is 8. The van der Waals surface area contributed by atoms with Crippen LogP contribution in [0.5, 0.6) is 0 Å². The lowest BCUT2D eigenvalue weighted by Gasteiger charge is -2.29. The van der Waals surface area contributed by atoms with Gasteiger partial charge in [-0.3, -0.25) is 14.4 Å². The molecule has 3 amide bonds. The number of nitrogens with zero attached hydrogens (tertiary/aromatic N) is 1. The van der Waals surface area contributed by atoms with Crippen LogP contribution in [0.25, 0.3) is 6.08 Å². The molecule has 2 N–H and O–H groups in total. The zero-order valence-electron chi connectivity index (χ0n) is 22.5. The second-order valence-electron chi connectivity index (χ2n) is 9.56. The molecule has 42 heavy (non-hydrogen) atoms. The van der Waals surface area contributed by atoms with Crippen LogP contribution < -0.4 is 15.5 Å². The van der Waals surface area contributed by atoms with E-state index in [9.17, 15) is 18.8 Å². The molecule has 0 saturated heterocycles. The Bertz CT molecular complexity index is 1620. The Morgan fingerprint density at radius 3 is 2.40 bits per heavy atom. The number of hydrogen-bond acceptors (Lipinski definition) is 4. The maximum Gasteiger partial charge on any atom is 0.272 e. The van der Waals surface area contributed by atoms with E-state index in [1.165, 1.54) is 41.6 Å². The number of halogens is 2. The van der Waals surface area contributed by atoms with Crippen LogP contribution in [0.1, 0.15) is 27.9 Å². The molecule has 4 aromatic rings. The third kappa shape index (κ3) is 7.08. The first kappa shape index (κ1) is 29.1. The Morgan fingerprint density at radius 2 is 1.64 bits per heavy atom. The lowest BCUT2D eigenvalue weighted by Crippen LogP contribution is -2.36. The van der Waals surface area contributed by atoms with Crippen molar-refractivity contribution >= 4 is 58.5 Å². The summed E-state index contributed by atoms with van der Waals surface area (Å²) in [6.45, 7) is 0.704. The minimum atomic E-state index is -0.655. The smallest absolute Gasteiger partial charge is 0.272 e. The molecule has 0 saturated carbocycles. The molecule has 0 bridgehead atoms. The number of carbonyl (C=O) groups excluding carboxylic acids is 3. The Morgan fingerprint density at radius 1 is 0.905 bits per heavy atom. The zero-order valence-corrected chi connectivity index (χ0v) is 24.1. The number of aryl methyl sites for hydroxylation is 1. The van der Waals surface area contributed by atoms with Gasteiger partial charge in [-0.2, -0.15) is 0 Å². The van der Waals surface area contributed by atoms with Crippen LogP contribution in [0.3, 0.4) is 0 Å². The predicted octanol–water partition coefficient (Wildman–Crippen LogP) is 6.96. The summed E-state index contributed by atoms with van der Waals surface area (Å²) < 4.78 is 14.5. The lowest BCUT2D eigenvalue weighted by atomic mass is 10.0. The van der Waals surface area contributed by atoms with Crippen molar-refractivity contribution in [3.63, 3.8) is 0 Å². The zero-order chi connectivity index (χ0) is 29.5. The number of thioether (sulfide) groups is 1. The Balaban J connectivity index is 1.27. The molecule has 9 heteroatoms. The fourth-order valence-electron chi connectivity index (χ4n) is 4.58. The number of para-hydroxylation sites is 1. The van der Waals surface area contributed by atoms with Gasteiger partial charge in [0.2, 0.25) is 5.91 Å². The summed E-state index contributed by atoms with van der Waals surface area (Å²) in [6.07, 6.45) is 3.12. The van der Waals surface area contributed by atoms with Gasteiger partial charge < -0.3 is 15.5 Å². The Kier molecular flexibility index (Phi) is 9.36. The van der Waals surface area contributed by atoms with Gasteiger partial charge in [0, 0.05) is 33.9 Å². The van der Waals surface area contributed by atoms with Crippen LogP contribution in [0, 0.1) is 5.82 Å². The summed E-state index contributed by atoms with van der Waals surface area (Å²) >= 11 is 7.59. The van der Waals surface area contributed by atoms with Gasteiger partial charge in [0.15, 0.2) is 0 Å². The van der Waals surface area contributed by atoms with Gasteiger partial charge in [0.1, 0.15) is 11.5 Å². The third-order valence-corrected chi connectivity index (χ3v) is 8.03. The summed E-state index contributed by atoms with van der Waals surface area (Å²) in [5.74, 6) is -1.50. The lowest BCUT2D eigenvalue weighted by molar-refractivity contribution is -0.116. The van der Waals surface area contributed by atoms with E-state index < -0.39 is 17.6 Å². The van der Waals surface area contributed by atoms with Crippen LogP contribution in [0.2, 0.25) is 5.02 Å². The van der Waals surface area contributed by atoms with Crippen molar-refractivity contribution in [2.75, 3.05) is 22.5 Å². The summed E-state index contributed by atoms with van der Waals surface area (Å²) in [5, 5.41) is 5.41. The van der Waals surface area contributed by atoms with Gasteiger partial charge in [-0.1, -0.05) is 54.1 Å². The molecule has 0 spiro atoms. The largest absolute Gasteiger partial charge is 0.321 e. The molecule has 4 aromatic carbocycles. The third-order valence-electron chi connectivity index (χ3n) is 6.70. The first-order chi connectivity index (χ1) is 20.4. The van der Waals surface area contributed by atoms with E-state index in [2.05, 4.69) is 16.7 Å². The number of fused-ring (bicyclic) bond motifs is 1. The van der Waals surface area contributed by atoms with E-state index in [4.69, 9.17) is 11.6 Å². The summed E-state index contributed by atoms with van der Waals surface area (Å²) in [7, 11) is 0. The van der Waals surface area contributed by atoms with E-state index in [0.717, 1.165) is 23.4 Å². The molecule has 212 valence electrons. The average molecular weight is 600 g/mol. The van der Waals surface area contributed by atoms with E-state index in [-0.39, 0.29) is 27.9 Å². The van der Waals surface area contributed by atoms with Gasteiger partial charge >= 0.3 is 0 Å². The van der Waals surface area contributed by atoms with E-state index >= 15 is 0 Å². The number of nitrogens with one attached hydrogen (secondary N) is 2. The maximum atomic E-state index is 14.5. The highest BCUT2D eigenvalue weighted by atomic mass is 35.5. The Labute approximate surface area is 252 Å². The number of hydrogen-bond donors (Lipinski definition) is 2. The summed E-state index contributed by atoms with van der Waals surface area (Å²) in [6, 6.07) is 27.5. The molecule has 6 nitrogen and oxygen atoms in total. The molecule has 0 aliphatic carbocycles. The second-order valence-corrected chi connectivity index (χ2v) is 11.0. The molecule has 1 aliphatic rings. The van der Waals surface area contributed by atoms with Gasteiger partial charge in [-0.05, 0) is 79.1 Å². The van der Waals surface area contributed by atoms with Crippen LogP contribution in [0.4, 0.5) is 15.8 Å². The average Bonchev–Trinajstić information content (AvgIpc) is 3.01. The molecule has 0 aromatic heterocycles. The normalized spacial score (nSPS) is 12.8. The maximum absolute atomic E-state index is 14.5. The van der Waals surface area contributed by atoms with Crippen molar-refractivity contribution in [2.45, 2.75) is 17.7 Å². The number of anilines is 2. The quantitative estimate of drug-likeness (QED) is 0.170. The van der Waals surface area contributed by atoms with Crippen LogP contribution in [-0.4, -0.2) is 30.0 Å². The van der Waals surface area contributed by atoms with Crippen LogP contribution in [0.15, 0.2) is 108 Å². The molecular formula is C33H27ClFN3O3S. The van der Waals surface area contributed by atoms with Gasteiger partial charge in [0.05, 0.1) is 10.8 Å². The van der Waals surface area contributed by atoms with Crippen LogP contribution in [-0.2, 0) is 16.0 Å². The topological polar surface area (TPSA) is 78.5 Å². The minimum absolute atomic E-state index is 0.0228. The summed E-state index contributed by atoms with van der Waals surface area (Å²) in [5.41, 5.74) is 2.76. The highest BCUT2D eigenvalue weighted by Crippen LogP contribution is 2.29. The van der Waals surface area contributed by atoms with Crippen molar-refractivity contribution < 1.29 is 18.8 Å². The van der Waals surface area contributed by atoms with Crippen molar-refractivity contribution in [3.05, 3.63) is 130 Å². The molecule has 0 atom stereocenters. The van der Waals surface area contributed by atoms with E-state index in [1.807, 2.05) is 23.1 Å². The first-order valence-corrected chi connectivity index (χ1v) is 14.7. The molecule has 0 unspecified atom stereocenters. The monoisotopic (exact) mass is 599 g/mol. The SMILES string of the molecule is O=C(Nc1ccc(SCC(=O)N2CCCc3ccccc32)cc1)/C(=C/c1c(F)cccc1Cl)NC(=O)c1ccccc1. The van der Waals surface area contributed by atoms with Crippen molar-refractivity contribution in [3.8, 4) is 0 Å². The van der Waals surface area contributed by atoms with Crippen LogP contribution >= 0.6 is 23.4 Å². The first-order valence-electron chi connectivity index (χ1n) is 13.3. The molecule has 5 rings (SSSR count). The summed E-state index contributed by atoms with van der Waals surface area (Å²) in [4.78, 5) is 41.8. The van der Waals surface area contributed by atoms with Crippen molar-refractivity contribution in [1.82, 2.24) is 5.32 Å². The van der Waals surface area contributed by atoms with Crippen molar-refractivity contribution in [2.24, 2.45) is 0 Å². The Hall–Kier alpha value is -4.40. The predicted molar refractivity (Wildman–Crippen MR) is 166 cm³/mol. The fraction of sp³-hybridized carbons (Fsp3) is 0.121. The molecular weight excluding hydrogens is 573 g/mol. The highest BCUT2D eigenvalue weighted by Gasteiger charge is 2.22. The molecule has 1 heterocycles. The minimum Gasteiger partial charge on any atom is -0.321 e. The number of benzene rings is 4. The molecule has 0 fully saturated rings. The molecule has 1 aliphatic heterocycles. The number of carbonyl (C=O) groups is 3. The molecule has 0 radical (unpaired) electrons. The highest BCUT2D eigenvalue weighted by molar-refractivity contribution is 8.00. The second kappa shape index (κ2) is 13.5. The van der Waals surface area contributed by atoms with E-state index in [0.29, 0.717) is 17.8 Å². The van der Waals surface area contributed by atoms with E-state index in [1.54, 1.807) is 54.6 Å². The van der Waals surface area contributed by atoms with Gasteiger partial charge in [0.25, 0.3) is 11.8 Å². The fourth-order valence-corrected chi connectivity index (χ4v) is 5.58. The van der Waals surface area contributed by atoms with Gasteiger partial charge in [-0.15, -0.1) is 11.8 Å². The number of amides is 3. The standard InChI is InChI=1S/C33H27ClFN3O3S/c34-27-12-6-13-28(35)26(27)20-29(37-32(40)23-9-2-1-3-10-23)33(41)36-24-15-17-25(18-16-24)42-21-31(39)38-19-7-11-22-8-4-5-14-30(22)38/h1-6,8-10,12-18,20H,7,11,19,21H2,(H,36,41)(H,37,40)/b29-20-.